The van der Waals surface area contributed by atoms with Gasteiger partial charge in [0, 0.05) is 55.5 Å². The molecule has 0 aliphatic heterocycles. The van der Waals surface area contributed by atoms with Gasteiger partial charge in [-0.2, -0.15) is 0 Å². The van der Waals surface area contributed by atoms with Crippen molar-refractivity contribution in [2.75, 3.05) is 34.2 Å². The van der Waals surface area contributed by atoms with E-state index in [0.29, 0.717) is 40.6 Å². The predicted octanol–water partition coefficient (Wildman–Crippen LogP) is 7.43. The van der Waals surface area contributed by atoms with E-state index in [9.17, 15) is 18.4 Å². The Kier molecular flexibility index (Phi) is 10.1. The minimum atomic E-state index is -0.688. The molecule has 0 aromatic heterocycles. The second kappa shape index (κ2) is 14.3. The number of nitrogens with one attached hydrogen (secondary N) is 2. The maximum atomic E-state index is 14.4. The van der Waals surface area contributed by atoms with Gasteiger partial charge in [0.05, 0.1) is 0 Å². The molecule has 0 unspecified atom stereocenters. The second-order valence-corrected chi connectivity index (χ2v) is 17.8. The molecular formula is C41H56F2N4O3. The maximum Gasteiger partial charge on any atom is 0.274 e. The van der Waals surface area contributed by atoms with Crippen LogP contribution in [0, 0.1) is 58.0 Å². The highest BCUT2D eigenvalue weighted by atomic mass is 19.1. The summed E-state index contributed by atoms with van der Waals surface area (Å²) in [6.45, 7) is 3.28. The fourth-order valence-electron chi connectivity index (χ4n) is 12.6. The first-order chi connectivity index (χ1) is 23.9. The summed E-state index contributed by atoms with van der Waals surface area (Å²) in [5.74, 6) is 4.01. The summed E-state index contributed by atoms with van der Waals surface area (Å²) in [6, 6.07) is 9.23. The van der Waals surface area contributed by atoms with Crippen molar-refractivity contribution in [2.45, 2.75) is 90.1 Å². The topological polar surface area (TPSA) is 84.9 Å². The van der Waals surface area contributed by atoms with Crippen LogP contribution in [0.25, 0.3) is 0 Å². The van der Waals surface area contributed by atoms with Gasteiger partial charge in [-0.15, -0.1) is 0 Å². The van der Waals surface area contributed by atoms with E-state index >= 15 is 0 Å². The lowest BCUT2D eigenvalue weighted by atomic mass is 9.49. The highest BCUT2D eigenvalue weighted by Crippen LogP contribution is 2.61. The first kappa shape index (κ1) is 35.5. The summed E-state index contributed by atoms with van der Waals surface area (Å²) in [5.41, 5.74) is 4.25. The van der Waals surface area contributed by atoms with Crippen LogP contribution in [-0.4, -0.2) is 61.1 Å². The molecule has 3 N–H and O–H groups in total. The number of hydroxylamine groups is 1. The molecule has 2 aromatic rings. The Morgan fingerprint density at radius 3 is 1.30 bits per heavy atom. The van der Waals surface area contributed by atoms with Gasteiger partial charge in [0.2, 0.25) is 0 Å². The number of hydrogen-bond donors (Lipinski definition) is 3. The third-order valence-corrected chi connectivity index (χ3v) is 13.4. The van der Waals surface area contributed by atoms with Crippen molar-refractivity contribution in [3.8, 4) is 0 Å². The van der Waals surface area contributed by atoms with Gasteiger partial charge in [0.1, 0.15) is 11.6 Å². The standard InChI is InChI=1S/C21H29FN2O.C20H27FN2O2/c1-23-20(25)17-3-4-18(19(22)8-17)12-24(2)13-21-9-14-5-15(10-21)7-16(6-14)11-21;1-23(11-17-3-2-16(7-18(17)21)19(24)22-25)12-20-8-13-4-14(9-20)6-15(5-13)10-20/h3-4,8,14-16H,5-7,9-13H2,1-2H3,(H,23,25);2-3,7,13-15,25H,4-6,8-12H2,1H3,(H,22,24)/i22-1;. The average molecular weight is 690 g/mol. The van der Waals surface area contributed by atoms with E-state index in [0.717, 1.165) is 48.6 Å². The summed E-state index contributed by atoms with van der Waals surface area (Å²) < 4.78 is 28.7. The fraction of sp³-hybridized carbons (Fsp3) is 0.659. The Bertz CT molecular complexity index is 1390. The van der Waals surface area contributed by atoms with Crippen LogP contribution in [0.2, 0.25) is 0 Å². The van der Waals surface area contributed by atoms with Crippen molar-refractivity contribution in [3.63, 3.8) is 0 Å². The number of carbonyl (C=O) groups excluding carboxylic acids is 2. The van der Waals surface area contributed by atoms with E-state index in [-0.39, 0.29) is 17.3 Å². The van der Waals surface area contributed by atoms with Crippen molar-refractivity contribution >= 4 is 11.8 Å². The van der Waals surface area contributed by atoms with Crippen LogP contribution in [0.1, 0.15) is 109 Å². The van der Waals surface area contributed by atoms with Gasteiger partial charge in [-0.05, 0) is 162 Å². The van der Waals surface area contributed by atoms with Crippen molar-refractivity contribution < 1.29 is 23.6 Å². The van der Waals surface area contributed by atoms with E-state index in [4.69, 9.17) is 5.21 Å². The van der Waals surface area contributed by atoms with Gasteiger partial charge in [0.15, 0.2) is 0 Å². The lowest BCUT2D eigenvalue weighted by Gasteiger charge is -2.57. The molecule has 0 atom stereocenters. The van der Waals surface area contributed by atoms with Gasteiger partial charge < -0.3 is 15.1 Å². The highest BCUT2D eigenvalue weighted by molar-refractivity contribution is 5.94. The summed E-state index contributed by atoms with van der Waals surface area (Å²) in [6.07, 6.45) is 16.9. The Morgan fingerprint density at radius 1 is 0.660 bits per heavy atom. The van der Waals surface area contributed by atoms with Crippen LogP contribution in [0.15, 0.2) is 36.4 Å². The Labute approximate surface area is 296 Å². The normalized spacial score (nSPS) is 33.0. The third-order valence-electron chi connectivity index (χ3n) is 13.4. The molecule has 0 radical (unpaired) electrons. The SMILES string of the molecule is CN(Cc1ccc(C(=O)NO)cc1F)CC12CC3CC(CC(C3)C1)C2.CNC(=O)c1ccc(CN(C)CC23CC4CC(CC(C4)C2)C3)c([18F])c1. The molecule has 50 heavy (non-hydrogen) atoms. The monoisotopic (exact) mass is 689 g/mol. The average Bonchev–Trinajstić information content (AvgIpc) is 3.04. The van der Waals surface area contributed by atoms with Crippen LogP contribution in [0.5, 0.6) is 0 Å². The van der Waals surface area contributed by atoms with Crippen LogP contribution >= 0.6 is 0 Å². The number of benzene rings is 2. The van der Waals surface area contributed by atoms with Crippen LogP contribution < -0.4 is 10.8 Å². The minimum Gasteiger partial charge on any atom is -0.355 e. The summed E-state index contributed by atoms with van der Waals surface area (Å²) in [5, 5.41) is 11.2. The largest absolute Gasteiger partial charge is 0.355 e. The zero-order valence-corrected chi connectivity index (χ0v) is 30.2. The van der Waals surface area contributed by atoms with Gasteiger partial charge in [-0.25, -0.2) is 14.3 Å². The Balaban J connectivity index is 0.000000157. The quantitative estimate of drug-likeness (QED) is 0.179. The molecule has 8 aliphatic rings. The molecule has 7 nitrogen and oxygen atoms in total. The first-order valence-corrected chi connectivity index (χ1v) is 19.0. The summed E-state index contributed by atoms with van der Waals surface area (Å²) in [7, 11) is 5.75. The fourth-order valence-corrected chi connectivity index (χ4v) is 12.6. The first-order valence-electron chi connectivity index (χ1n) is 19.0. The van der Waals surface area contributed by atoms with E-state index in [1.54, 1.807) is 31.3 Å². The molecule has 0 heterocycles. The number of nitrogens with zero attached hydrogens (tertiary/aromatic N) is 2. The Morgan fingerprint density at radius 2 is 1.00 bits per heavy atom. The lowest BCUT2D eigenvalue weighted by molar-refractivity contribution is -0.0672. The number of rotatable bonds is 10. The van der Waals surface area contributed by atoms with E-state index in [2.05, 4.69) is 29.2 Å². The Hall–Kier alpha value is -2.88. The lowest BCUT2D eigenvalue weighted by Crippen LogP contribution is -2.50. The van der Waals surface area contributed by atoms with Crippen molar-refractivity contribution in [3.05, 3.63) is 70.3 Å². The third kappa shape index (κ3) is 7.65. The predicted molar refractivity (Wildman–Crippen MR) is 189 cm³/mol. The van der Waals surface area contributed by atoms with Gasteiger partial charge in [-0.3, -0.25) is 14.8 Å². The van der Waals surface area contributed by atoms with Crippen LogP contribution in [0.4, 0.5) is 8.78 Å². The number of halogens is 2. The molecule has 272 valence electrons. The molecule has 0 saturated heterocycles. The highest BCUT2D eigenvalue weighted by Gasteiger charge is 2.52. The molecule has 8 bridgehead atoms. The summed E-state index contributed by atoms with van der Waals surface area (Å²) in [4.78, 5) is 27.5. The molecule has 8 aliphatic carbocycles. The zero-order valence-electron chi connectivity index (χ0n) is 30.2. The molecular weight excluding hydrogens is 633 g/mol. The second-order valence-electron chi connectivity index (χ2n) is 17.8. The number of hydrogen-bond acceptors (Lipinski definition) is 5. The van der Waals surface area contributed by atoms with E-state index in [1.807, 2.05) is 0 Å². The molecule has 8 saturated carbocycles. The van der Waals surface area contributed by atoms with Crippen LogP contribution in [-0.2, 0) is 13.1 Å². The molecule has 2 amide bonds. The maximum absolute atomic E-state index is 14.4. The zero-order chi connectivity index (χ0) is 35.2. The molecule has 9 heteroatoms. The van der Waals surface area contributed by atoms with Gasteiger partial charge in [-0.1, -0.05) is 12.1 Å². The van der Waals surface area contributed by atoms with Crippen molar-refractivity contribution in [2.24, 2.45) is 46.3 Å². The molecule has 8 fully saturated rings. The van der Waals surface area contributed by atoms with Crippen LogP contribution in [0.3, 0.4) is 0 Å². The van der Waals surface area contributed by atoms with Crippen molar-refractivity contribution in [1.82, 2.24) is 20.6 Å². The summed E-state index contributed by atoms with van der Waals surface area (Å²) >= 11 is 0. The van der Waals surface area contributed by atoms with E-state index in [1.165, 1.54) is 94.7 Å². The molecule has 10 rings (SSSR count). The smallest absolute Gasteiger partial charge is 0.274 e. The molecule has 0 spiro atoms. The van der Waals surface area contributed by atoms with Crippen molar-refractivity contribution in [1.29, 1.82) is 0 Å². The molecule has 2 aromatic carbocycles. The number of amides is 2. The van der Waals surface area contributed by atoms with Gasteiger partial charge >= 0.3 is 0 Å². The van der Waals surface area contributed by atoms with E-state index < -0.39 is 11.7 Å². The van der Waals surface area contributed by atoms with Gasteiger partial charge in [0.25, 0.3) is 11.8 Å². The minimum absolute atomic E-state index is 0.132. The number of carbonyl (C=O) groups is 2.